The minimum Gasteiger partial charge on any atom is -0.389 e. The maximum absolute atomic E-state index is 12.0. The molecule has 2 N–H and O–H groups in total. The summed E-state index contributed by atoms with van der Waals surface area (Å²) in [6.45, 7) is 3.54. The highest BCUT2D eigenvalue weighted by Gasteiger charge is 2.18. The van der Waals surface area contributed by atoms with Crippen molar-refractivity contribution >= 4 is 43.9 Å². The van der Waals surface area contributed by atoms with E-state index in [1.807, 2.05) is 22.0 Å². The maximum Gasteiger partial charge on any atom is 0.261 e. The molecule has 19 heavy (non-hydrogen) atoms. The molecule has 3 aromatic heterocycles. The quantitative estimate of drug-likeness (QED) is 0.777. The molecule has 5 nitrogen and oxygen atoms in total. The fourth-order valence-corrected chi connectivity index (χ4v) is 3.46. The van der Waals surface area contributed by atoms with Crippen molar-refractivity contribution in [2.45, 2.75) is 19.4 Å². The first-order valence-electron chi connectivity index (χ1n) is 5.80. The van der Waals surface area contributed by atoms with Crippen LogP contribution in [0.3, 0.4) is 0 Å². The van der Waals surface area contributed by atoms with E-state index in [0.29, 0.717) is 4.88 Å². The van der Waals surface area contributed by atoms with Crippen molar-refractivity contribution in [3.63, 3.8) is 0 Å². The molecule has 0 saturated carbocycles. The number of aromatic nitrogens is 2. The molecule has 0 radical (unpaired) electrons. The van der Waals surface area contributed by atoms with E-state index < -0.39 is 5.60 Å². The number of thiophene rings is 1. The minimum absolute atomic E-state index is 0.172. The Morgan fingerprint density at radius 2 is 2.37 bits per heavy atom. The molecule has 0 unspecified atom stereocenters. The van der Waals surface area contributed by atoms with Gasteiger partial charge in [0.05, 0.1) is 16.0 Å². The Balaban J connectivity index is 1.88. The van der Waals surface area contributed by atoms with Crippen LogP contribution in [0.25, 0.3) is 15.3 Å². The smallest absolute Gasteiger partial charge is 0.261 e. The molecule has 0 bridgehead atoms. The summed E-state index contributed by atoms with van der Waals surface area (Å²) in [7, 11) is 0. The molecular formula is C12H13N3O2S2. The van der Waals surface area contributed by atoms with Crippen LogP contribution in [0.4, 0.5) is 0 Å². The van der Waals surface area contributed by atoms with Crippen LogP contribution >= 0.6 is 22.7 Å². The van der Waals surface area contributed by atoms with E-state index in [2.05, 4.69) is 10.3 Å². The van der Waals surface area contributed by atoms with Crippen LogP contribution in [-0.4, -0.2) is 32.5 Å². The Hall–Kier alpha value is -1.44. The topological polar surface area (TPSA) is 66.6 Å². The van der Waals surface area contributed by atoms with E-state index >= 15 is 0 Å². The van der Waals surface area contributed by atoms with Crippen molar-refractivity contribution < 1.29 is 9.90 Å². The number of aliphatic hydroxyl groups is 1. The third kappa shape index (κ3) is 2.36. The van der Waals surface area contributed by atoms with Crippen LogP contribution in [0.2, 0.25) is 0 Å². The van der Waals surface area contributed by atoms with Crippen LogP contribution in [-0.2, 0) is 0 Å². The molecule has 3 aromatic rings. The SMILES string of the molecule is CC(C)(O)CNC(=O)c1cc2c(nc3sccn32)s1. The average molecular weight is 295 g/mol. The van der Waals surface area contributed by atoms with Crippen molar-refractivity contribution in [3.8, 4) is 0 Å². The minimum atomic E-state index is -0.907. The average Bonchev–Trinajstić information content (AvgIpc) is 2.94. The summed E-state index contributed by atoms with van der Waals surface area (Å²) in [6, 6.07) is 1.84. The summed E-state index contributed by atoms with van der Waals surface area (Å²) in [5.41, 5.74) is 0.0459. The largest absolute Gasteiger partial charge is 0.389 e. The van der Waals surface area contributed by atoms with Gasteiger partial charge in [-0.3, -0.25) is 9.20 Å². The molecule has 7 heteroatoms. The summed E-state index contributed by atoms with van der Waals surface area (Å²) < 4.78 is 1.98. The number of rotatable bonds is 3. The Bertz CT molecular complexity index is 748. The van der Waals surface area contributed by atoms with E-state index in [1.54, 1.807) is 25.2 Å². The van der Waals surface area contributed by atoms with E-state index in [4.69, 9.17) is 0 Å². The van der Waals surface area contributed by atoms with E-state index in [-0.39, 0.29) is 12.5 Å². The zero-order valence-corrected chi connectivity index (χ0v) is 12.1. The number of carbonyl (C=O) groups is 1. The number of carbonyl (C=O) groups excluding carboxylic acids is 1. The summed E-state index contributed by atoms with van der Waals surface area (Å²) >= 11 is 2.94. The number of hydrogen-bond acceptors (Lipinski definition) is 5. The summed E-state index contributed by atoms with van der Waals surface area (Å²) in [5, 5.41) is 14.3. The van der Waals surface area contributed by atoms with E-state index in [0.717, 1.165) is 15.3 Å². The second kappa shape index (κ2) is 4.29. The number of amides is 1. The van der Waals surface area contributed by atoms with Gasteiger partial charge >= 0.3 is 0 Å². The molecule has 0 aliphatic carbocycles. The number of hydrogen-bond donors (Lipinski definition) is 2. The summed E-state index contributed by atoms with van der Waals surface area (Å²) in [6.07, 6.45) is 1.95. The van der Waals surface area contributed by atoms with Gasteiger partial charge in [0.1, 0.15) is 4.83 Å². The molecule has 1 amide bonds. The van der Waals surface area contributed by atoms with Gasteiger partial charge in [0, 0.05) is 18.1 Å². The number of nitrogens with zero attached hydrogens (tertiary/aromatic N) is 2. The lowest BCUT2D eigenvalue weighted by Crippen LogP contribution is -2.37. The molecule has 3 heterocycles. The molecule has 0 fully saturated rings. The zero-order valence-electron chi connectivity index (χ0n) is 10.5. The van der Waals surface area contributed by atoms with E-state index in [9.17, 15) is 9.90 Å². The molecular weight excluding hydrogens is 282 g/mol. The Kier molecular flexibility index (Phi) is 2.84. The molecule has 0 aliphatic heterocycles. The first-order valence-corrected chi connectivity index (χ1v) is 7.49. The number of thiazole rings is 1. The highest BCUT2D eigenvalue weighted by Crippen LogP contribution is 2.28. The monoisotopic (exact) mass is 295 g/mol. The first-order chi connectivity index (χ1) is 8.94. The maximum atomic E-state index is 12.0. The normalized spacial score (nSPS) is 12.4. The van der Waals surface area contributed by atoms with Gasteiger partial charge in [-0.15, -0.1) is 22.7 Å². The van der Waals surface area contributed by atoms with Crippen LogP contribution < -0.4 is 5.32 Å². The molecule has 0 spiro atoms. The molecule has 0 saturated heterocycles. The summed E-state index contributed by atoms with van der Waals surface area (Å²) in [5.74, 6) is -0.172. The predicted octanol–water partition coefficient (Wildman–Crippen LogP) is 2.11. The third-order valence-electron chi connectivity index (χ3n) is 2.65. The molecule has 3 rings (SSSR count). The van der Waals surface area contributed by atoms with Gasteiger partial charge in [-0.2, -0.15) is 0 Å². The van der Waals surface area contributed by atoms with Gasteiger partial charge in [-0.25, -0.2) is 4.98 Å². The Morgan fingerprint density at radius 3 is 3.11 bits per heavy atom. The summed E-state index contributed by atoms with van der Waals surface area (Å²) in [4.78, 5) is 18.9. The first kappa shape index (κ1) is 12.6. The van der Waals surface area contributed by atoms with Gasteiger partial charge in [0.15, 0.2) is 4.96 Å². The third-order valence-corrected chi connectivity index (χ3v) is 4.42. The van der Waals surface area contributed by atoms with Crippen LogP contribution in [0.15, 0.2) is 17.6 Å². The zero-order chi connectivity index (χ0) is 13.6. The van der Waals surface area contributed by atoms with Crippen molar-refractivity contribution in [1.82, 2.24) is 14.7 Å². The van der Waals surface area contributed by atoms with Crippen molar-refractivity contribution in [2.24, 2.45) is 0 Å². The number of fused-ring (bicyclic) bond motifs is 3. The molecule has 0 atom stereocenters. The van der Waals surface area contributed by atoms with Crippen LogP contribution in [0.1, 0.15) is 23.5 Å². The Labute approximate surface area is 117 Å². The fourth-order valence-electron chi connectivity index (χ4n) is 1.74. The highest BCUT2D eigenvalue weighted by molar-refractivity contribution is 7.21. The lowest BCUT2D eigenvalue weighted by Gasteiger charge is -2.16. The van der Waals surface area contributed by atoms with Gasteiger partial charge in [-0.05, 0) is 19.9 Å². The number of imidazole rings is 1. The standard InChI is InChI=1S/C12H13N3O2S2/c1-12(2,17)6-13-9(16)8-5-7-10(19-8)14-11-15(7)3-4-18-11/h3-5,17H,6H2,1-2H3,(H,13,16). The molecule has 0 aliphatic rings. The fraction of sp³-hybridized carbons (Fsp3) is 0.333. The highest BCUT2D eigenvalue weighted by atomic mass is 32.1. The van der Waals surface area contributed by atoms with Crippen molar-refractivity contribution in [2.75, 3.05) is 6.54 Å². The van der Waals surface area contributed by atoms with Gasteiger partial charge < -0.3 is 10.4 Å². The lowest BCUT2D eigenvalue weighted by molar-refractivity contribution is 0.0696. The van der Waals surface area contributed by atoms with Gasteiger partial charge in [0.2, 0.25) is 0 Å². The van der Waals surface area contributed by atoms with Crippen LogP contribution in [0, 0.1) is 0 Å². The second-order valence-electron chi connectivity index (χ2n) is 4.96. The number of nitrogens with one attached hydrogen (secondary N) is 1. The molecule has 0 aromatic carbocycles. The molecule has 100 valence electrons. The van der Waals surface area contributed by atoms with Crippen LogP contribution in [0.5, 0.6) is 0 Å². The van der Waals surface area contributed by atoms with E-state index in [1.165, 1.54) is 11.3 Å². The van der Waals surface area contributed by atoms with Gasteiger partial charge in [0.25, 0.3) is 5.91 Å². The lowest BCUT2D eigenvalue weighted by atomic mass is 10.1. The van der Waals surface area contributed by atoms with Crippen molar-refractivity contribution in [3.05, 3.63) is 22.5 Å². The Morgan fingerprint density at radius 1 is 1.58 bits per heavy atom. The van der Waals surface area contributed by atoms with Crippen molar-refractivity contribution in [1.29, 1.82) is 0 Å². The predicted molar refractivity (Wildman–Crippen MR) is 77.1 cm³/mol. The van der Waals surface area contributed by atoms with Gasteiger partial charge in [-0.1, -0.05) is 0 Å². The second-order valence-corrected chi connectivity index (χ2v) is 6.87.